The first-order valence-electron chi connectivity index (χ1n) is 9.32. The van der Waals surface area contributed by atoms with Crippen LogP contribution in [0.1, 0.15) is 33.1 Å². The summed E-state index contributed by atoms with van der Waals surface area (Å²) in [7, 11) is 0. The van der Waals surface area contributed by atoms with Crippen LogP contribution in [0.5, 0.6) is 0 Å². The van der Waals surface area contributed by atoms with E-state index in [2.05, 4.69) is 0 Å². The largest absolute Gasteiger partial charge is 0.446 e. The molecule has 0 aromatic heterocycles. The lowest BCUT2D eigenvalue weighted by atomic mass is 9.87. The third-order valence-electron chi connectivity index (χ3n) is 5.08. The molecule has 0 spiro atoms. The smallest absolute Gasteiger partial charge is 0.327 e. The quantitative estimate of drug-likeness (QED) is 0.362. The van der Waals surface area contributed by atoms with E-state index in [1.165, 1.54) is 30.3 Å². The number of carbonyl (C=O) groups excluding carboxylic acids is 1. The predicted molar refractivity (Wildman–Crippen MR) is 108 cm³/mol. The van der Waals surface area contributed by atoms with Crippen LogP contribution < -0.4 is 0 Å². The molecule has 3 aromatic carbocycles. The van der Waals surface area contributed by atoms with Gasteiger partial charge in [0.25, 0.3) is 5.91 Å². The van der Waals surface area contributed by atoms with E-state index in [9.17, 15) is 22.4 Å². The van der Waals surface area contributed by atoms with Gasteiger partial charge in [-0.3, -0.25) is 4.79 Å². The fourth-order valence-corrected chi connectivity index (χ4v) is 4.32. The Labute approximate surface area is 175 Å². The predicted octanol–water partition coefficient (Wildman–Crippen LogP) is 6.23. The Morgan fingerprint density at radius 2 is 1.53 bits per heavy atom. The van der Waals surface area contributed by atoms with Crippen LogP contribution in [0.25, 0.3) is 0 Å². The van der Waals surface area contributed by atoms with Crippen LogP contribution in [0.2, 0.25) is 0 Å². The van der Waals surface area contributed by atoms with Crippen molar-refractivity contribution in [1.82, 2.24) is 4.90 Å². The third-order valence-corrected chi connectivity index (χ3v) is 5.82. The zero-order valence-corrected chi connectivity index (χ0v) is 16.5. The molecule has 1 atom stereocenters. The van der Waals surface area contributed by atoms with Crippen LogP contribution in [0.15, 0.2) is 77.7 Å². The van der Waals surface area contributed by atoms with Crippen LogP contribution in [0.4, 0.5) is 17.6 Å². The minimum Gasteiger partial charge on any atom is -0.327 e. The first kappa shape index (κ1) is 20.5. The lowest BCUT2D eigenvalue weighted by Crippen LogP contribution is -2.41. The maximum Gasteiger partial charge on any atom is 0.446 e. The number of alkyl halides is 3. The van der Waals surface area contributed by atoms with E-state index in [1.54, 1.807) is 23.1 Å². The second-order valence-corrected chi connectivity index (χ2v) is 8.08. The minimum absolute atomic E-state index is 0.00805. The molecule has 0 fully saturated rings. The number of halogens is 4. The number of carbonyl (C=O) groups is 1. The molecule has 0 saturated heterocycles. The minimum atomic E-state index is -4.39. The van der Waals surface area contributed by atoms with E-state index >= 15 is 0 Å². The molecule has 0 N–H and O–H groups in total. The summed E-state index contributed by atoms with van der Waals surface area (Å²) in [6, 6.07) is 18.7. The lowest BCUT2D eigenvalue weighted by molar-refractivity contribution is -0.0328. The van der Waals surface area contributed by atoms with Crippen LogP contribution in [-0.4, -0.2) is 22.9 Å². The van der Waals surface area contributed by atoms with Gasteiger partial charge in [-0.2, -0.15) is 13.2 Å². The number of hydrogen-bond acceptors (Lipinski definition) is 2. The highest BCUT2D eigenvalue weighted by molar-refractivity contribution is 8.00. The van der Waals surface area contributed by atoms with Crippen molar-refractivity contribution in [3.8, 4) is 0 Å². The topological polar surface area (TPSA) is 20.3 Å². The lowest BCUT2D eigenvalue weighted by Gasteiger charge is -2.38. The van der Waals surface area contributed by atoms with Gasteiger partial charge < -0.3 is 4.90 Å². The highest BCUT2D eigenvalue weighted by Gasteiger charge is 2.34. The Balaban J connectivity index is 1.70. The fourth-order valence-electron chi connectivity index (χ4n) is 3.78. The molecule has 30 heavy (non-hydrogen) atoms. The van der Waals surface area contributed by atoms with Crippen LogP contribution in [0, 0.1) is 5.82 Å². The van der Waals surface area contributed by atoms with Crippen molar-refractivity contribution >= 4 is 17.7 Å². The van der Waals surface area contributed by atoms with Crippen molar-refractivity contribution in [2.75, 3.05) is 6.54 Å². The van der Waals surface area contributed by atoms with Gasteiger partial charge in [0.2, 0.25) is 0 Å². The number of nitrogens with zero attached hydrogens (tertiary/aromatic N) is 1. The van der Waals surface area contributed by atoms with E-state index in [0.29, 0.717) is 18.5 Å². The zero-order chi connectivity index (χ0) is 21.3. The van der Waals surface area contributed by atoms with Gasteiger partial charge in [-0.05, 0) is 59.6 Å². The molecule has 1 heterocycles. The first-order valence-corrected chi connectivity index (χ1v) is 10.1. The van der Waals surface area contributed by atoms with Crippen molar-refractivity contribution in [3.63, 3.8) is 0 Å². The average Bonchev–Trinajstić information content (AvgIpc) is 2.72. The molecule has 0 bridgehead atoms. The summed E-state index contributed by atoms with van der Waals surface area (Å²) in [6.45, 7) is 0.383. The van der Waals surface area contributed by atoms with Gasteiger partial charge in [-0.25, -0.2) is 4.39 Å². The van der Waals surface area contributed by atoms with Gasteiger partial charge in [-0.15, -0.1) is 0 Å². The molecule has 0 aliphatic carbocycles. The molecule has 0 saturated carbocycles. The van der Waals surface area contributed by atoms with Crippen LogP contribution in [0.3, 0.4) is 0 Å². The van der Waals surface area contributed by atoms with E-state index in [4.69, 9.17) is 0 Å². The van der Waals surface area contributed by atoms with E-state index in [1.807, 2.05) is 24.3 Å². The maximum atomic E-state index is 14.7. The molecular weight excluding hydrogens is 414 g/mol. The molecule has 0 unspecified atom stereocenters. The Bertz CT molecular complexity index is 1070. The molecule has 7 heteroatoms. The highest BCUT2D eigenvalue weighted by Crippen LogP contribution is 2.39. The Morgan fingerprint density at radius 1 is 0.900 bits per heavy atom. The average molecular weight is 431 g/mol. The number of amides is 1. The Morgan fingerprint density at radius 3 is 2.20 bits per heavy atom. The van der Waals surface area contributed by atoms with E-state index < -0.39 is 17.4 Å². The molecule has 1 aliphatic heterocycles. The SMILES string of the molecule is O=C(c1ccc(SC(F)(F)F)cc1)N1CCc2ccccc2[C@H]1c1ccccc1F. The number of benzene rings is 3. The normalized spacial score (nSPS) is 16.3. The van der Waals surface area contributed by atoms with E-state index in [0.717, 1.165) is 11.1 Å². The molecule has 1 aliphatic rings. The molecular formula is C23H17F4NOS. The van der Waals surface area contributed by atoms with Gasteiger partial charge in [0.05, 0.1) is 6.04 Å². The van der Waals surface area contributed by atoms with Crippen LogP contribution in [-0.2, 0) is 6.42 Å². The number of rotatable bonds is 3. The van der Waals surface area contributed by atoms with Crippen LogP contribution >= 0.6 is 11.8 Å². The maximum absolute atomic E-state index is 14.7. The standard InChI is InChI=1S/C23H17F4NOS/c24-20-8-4-3-7-19(20)21-18-6-2-1-5-15(18)13-14-28(21)22(29)16-9-11-17(12-10-16)30-23(25,26)27/h1-12,21H,13-14H2/t21-/m0/s1. The van der Waals surface area contributed by atoms with Crippen molar-refractivity contribution in [2.45, 2.75) is 22.9 Å². The molecule has 0 radical (unpaired) electrons. The van der Waals surface area contributed by atoms with Gasteiger partial charge in [0, 0.05) is 22.6 Å². The summed E-state index contributed by atoms with van der Waals surface area (Å²) in [5.41, 5.74) is -1.83. The number of hydrogen-bond donors (Lipinski definition) is 0. The molecule has 1 amide bonds. The molecule has 2 nitrogen and oxygen atoms in total. The summed E-state index contributed by atoms with van der Waals surface area (Å²) < 4.78 is 52.4. The van der Waals surface area contributed by atoms with Gasteiger partial charge in [-0.1, -0.05) is 42.5 Å². The fraction of sp³-hybridized carbons (Fsp3) is 0.174. The number of thioether (sulfide) groups is 1. The highest BCUT2D eigenvalue weighted by atomic mass is 32.2. The summed E-state index contributed by atoms with van der Waals surface area (Å²) in [4.78, 5) is 14.9. The summed E-state index contributed by atoms with van der Waals surface area (Å²) in [5, 5.41) is 0. The Kier molecular flexibility index (Phi) is 5.56. The third kappa shape index (κ3) is 4.21. The molecule has 4 rings (SSSR count). The van der Waals surface area contributed by atoms with Crippen molar-refractivity contribution in [1.29, 1.82) is 0 Å². The zero-order valence-electron chi connectivity index (χ0n) is 15.7. The second kappa shape index (κ2) is 8.14. The van der Waals surface area contributed by atoms with Gasteiger partial charge in [0.15, 0.2) is 0 Å². The summed E-state index contributed by atoms with van der Waals surface area (Å²) in [5.74, 6) is -0.754. The summed E-state index contributed by atoms with van der Waals surface area (Å²) >= 11 is -0.228. The van der Waals surface area contributed by atoms with Gasteiger partial charge in [0.1, 0.15) is 5.82 Å². The number of fused-ring (bicyclic) bond motifs is 1. The monoisotopic (exact) mass is 431 g/mol. The molecule has 154 valence electrons. The van der Waals surface area contributed by atoms with Crippen molar-refractivity contribution in [3.05, 3.63) is 101 Å². The van der Waals surface area contributed by atoms with Gasteiger partial charge >= 0.3 is 5.51 Å². The van der Waals surface area contributed by atoms with Crippen molar-refractivity contribution < 1.29 is 22.4 Å². The first-order chi connectivity index (χ1) is 14.3. The Hall–Kier alpha value is -2.80. The van der Waals surface area contributed by atoms with E-state index in [-0.39, 0.29) is 28.1 Å². The second-order valence-electron chi connectivity index (χ2n) is 6.94. The molecule has 3 aromatic rings. The van der Waals surface area contributed by atoms with Crippen molar-refractivity contribution in [2.24, 2.45) is 0 Å². The summed E-state index contributed by atoms with van der Waals surface area (Å²) in [6.07, 6.45) is 0.620.